The van der Waals surface area contributed by atoms with E-state index in [1.54, 1.807) is 6.20 Å². The largest absolute Gasteiger partial charge is 0.396 e. The number of anilines is 1. The molecule has 0 aliphatic carbocycles. The van der Waals surface area contributed by atoms with Gasteiger partial charge in [0.05, 0.1) is 0 Å². The Morgan fingerprint density at radius 1 is 1.53 bits per heavy atom. The summed E-state index contributed by atoms with van der Waals surface area (Å²) in [6.45, 7) is 4.38. The standard InChI is InChI=1S/C11H17BrN2O/c1-3-11(2,6-7-15)14-10-5-4-9(12)8-13-10/h4-5,8,15H,3,6-7H2,1-2H3,(H,13,14). The monoisotopic (exact) mass is 272 g/mol. The van der Waals surface area contributed by atoms with Crippen LogP contribution in [0.4, 0.5) is 5.82 Å². The van der Waals surface area contributed by atoms with Gasteiger partial charge in [0, 0.05) is 22.8 Å². The van der Waals surface area contributed by atoms with Crippen molar-refractivity contribution < 1.29 is 5.11 Å². The molecule has 0 saturated carbocycles. The zero-order valence-corrected chi connectivity index (χ0v) is 10.7. The molecular formula is C11H17BrN2O. The van der Waals surface area contributed by atoms with E-state index in [0.29, 0.717) is 0 Å². The number of aliphatic hydroxyl groups excluding tert-OH is 1. The number of pyridine rings is 1. The molecule has 1 rings (SSSR count). The fourth-order valence-corrected chi connectivity index (χ4v) is 1.57. The lowest BCUT2D eigenvalue weighted by molar-refractivity contribution is 0.252. The quantitative estimate of drug-likeness (QED) is 0.867. The number of hydrogen-bond acceptors (Lipinski definition) is 3. The van der Waals surface area contributed by atoms with Gasteiger partial charge in [-0.15, -0.1) is 0 Å². The molecule has 0 amide bonds. The number of aromatic nitrogens is 1. The van der Waals surface area contributed by atoms with E-state index in [9.17, 15) is 0 Å². The summed E-state index contributed by atoms with van der Waals surface area (Å²) in [5, 5.41) is 12.3. The molecule has 15 heavy (non-hydrogen) atoms. The molecule has 1 atom stereocenters. The van der Waals surface area contributed by atoms with Gasteiger partial charge in [-0.05, 0) is 47.8 Å². The molecule has 0 fully saturated rings. The second kappa shape index (κ2) is 5.47. The summed E-state index contributed by atoms with van der Waals surface area (Å²) in [5.41, 5.74) is -0.0877. The van der Waals surface area contributed by atoms with Crippen LogP contribution in [0.3, 0.4) is 0 Å². The van der Waals surface area contributed by atoms with Crippen LogP contribution >= 0.6 is 15.9 Å². The van der Waals surface area contributed by atoms with Gasteiger partial charge in [-0.25, -0.2) is 4.98 Å². The third kappa shape index (κ3) is 3.80. The topological polar surface area (TPSA) is 45.1 Å². The average molecular weight is 273 g/mol. The second-order valence-electron chi connectivity index (χ2n) is 3.87. The van der Waals surface area contributed by atoms with Crippen molar-refractivity contribution in [1.29, 1.82) is 0 Å². The van der Waals surface area contributed by atoms with Gasteiger partial charge in [0.15, 0.2) is 0 Å². The molecule has 84 valence electrons. The maximum absolute atomic E-state index is 8.99. The minimum absolute atomic E-state index is 0.0877. The normalized spacial score (nSPS) is 14.7. The van der Waals surface area contributed by atoms with Gasteiger partial charge < -0.3 is 10.4 Å². The molecule has 3 nitrogen and oxygen atoms in total. The van der Waals surface area contributed by atoms with E-state index in [0.717, 1.165) is 23.1 Å². The Morgan fingerprint density at radius 2 is 2.27 bits per heavy atom. The molecule has 2 N–H and O–H groups in total. The molecule has 0 aliphatic heterocycles. The molecule has 0 radical (unpaired) electrons. The molecule has 0 aromatic carbocycles. The van der Waals surface area contributed by atoms with E-state index in [-0.39, 0.29) is 12.1 Å². The fraction of sp³-hybridized carbons (Fsp3) is 0.545. The molecule has 1 aromatic rings. The van der Waals surface area contributed by atoms with E-state index in [4.69, 9.17) is 5.11 Å². The Kier molecular flexibility index (Phi) is 4.54. The highest BCUT2D eigenvalue weighted by molar-refractivity contribution is 9.10. The first kappa shape index (κ1) is 12.5. The van der Waals surface area contributed by atoms with Crippen LogP contribution in [0.2, 0.25) is 0 Å². The van der Waals surface area contributed by atoms with E-state index in [2.05, 4.69) is 40.1 Å². The molecule has 1 aromatic heterocycles. The Balaban J connectivity index is 2.70. The number of halogens is 1. The van der Waals surface area contributed by atoms with Crippen molar-refractivity contribution in [2.24, 2.45) is 0 Å². The Bertz CT molecular complexity index is 302. The lowest BCUT2D eigenvalue weighted by Gasteiger charge is -2.29. The fourth-order valence-electron chi connectivity index (χ4n) is 1.33. The SMILES string of the molecule is CCC(C)(CCO)Nc1ccc(Br)cn1. The second-order valence-corrected chi connectivity index (χ2v) is 4.79. The van der Waals surface area contributed by atoms with Crippen LogP contribution in [0.1, 0.15) is 26.7 Å². The molecule has 0 aliphatic rings. The van der Waals surface area contributed by atoms with Crippen LogP contribution in [-0.2, 0) is 0 Å². The Labute approximate surface area is 99.1 Å². The summed E-state index contributed by atoms with van der Waals surface area (Å²) in [6, 6.07) is 3.87. The van der Waals surface area contributed by atoms with Crippen molar-refractivity contribution in [3.8, 4) is 0 Å². The Hall–Kier alpha value is -0.610. The number of hydrogen-bond donors (Lipinski definition) is 2. The van der Waals surface area contributed by atoms with Crippen molar-refractivity contribution in [2.45, 2.75) is 32.2 Å². The molecule has 0 bridgehead atoms. The van der Waals surface area contributed by atoms with Crippen molar-refractivity contribution in [1.82, 2.24) is 4.98 Å². The number of aliphatic hydroxyl groups is 1. The first-order chi connectivity index (χ1) is 7.09. The smallest absolute Gasteiger partial charge is 0.126 e. The van der Waals surface area contributed by atoms with Crippen LogP contribution < -0.4 is 5.32 Å². The maximum atomic E-state index is 8.99. The average Bonchev–Trinajstić information content (AvgIpc) is 2.22. The van der Waals surface area contributed by atoms with Gasteiger partial charge >= 0.3 is 0 Å². The maximum Gasteiger partial charge on any atom is 0.126 e. The first-order valence-corrected chi connectivity index (χ1v) is 5.89. The molecular weight excluding hydrogens is 256 g/mol. The van der Waals surface area contributed by atoms with Crippen LogP contribution in [-0.4, -0.2) is 22.2 Å². The van der Waals surface area contributed by atoms with Crippen LogP contribution in [0, 0.1) is 0 Å². The summed E-state index contributed by atoms with van der Waals surface area (Å²) in [6.07, 6.45) is 3.43. The third-order valence-electron chi connectivity index (χ3n) is 2.60. The highest BCUT2D eigenvalue weighted by atomic mass is 79.9. The first-order valence-electron chi connectivity index (χ1n) is 5.10. The van der Waals surface area contributed by atoms with Crippen molar-refractivity contribution in [2.75, 3.05) is 11.9 Å². The Morgan fingerprint density at radius 3 is 2.73 bits per heavy atom. The number of nitrogens with zero attached hydrogens (tertiary/aromatic N) is 1. The van der Waals surface area contributed by atoms with Crippen molar-refractivity contribution in [3.05, 3.63) is 22.8 Å². The summed E-state index contributed by atoms with van der Waals surface area (Å²) < 4.78 is 0.966. The van der Waals surface area contributed by atoms with Crippen molar-refractivity contribution >= 4 is 21.7 Å². The summed E-state index contributed by atoms with van der Waals surface area (Å²) in [5.74, 6) is 0.844. The van der Waals surface area contributed by atoms with Crippen LogP contribution in [0.15, 0.2) is 22.8 Å². The van der Waals surface area contributed by atoms with Gasteiger partial charge in [-0.1, -0.05) is 6.92 Å². The van der Waals surface area contributed by atoms with Gasteiger partial charge in [-0.3, -0.25) is 0 Å². The zero-order chi connectivity index (χ0) is 11.3. The van der Waals surface area contributed by atoms with Gasteiger partial charge in [-0.2, -0.15) is 0 Å². The van der Waals surface area contributed by atoms with E-state index < -0.39 is 0 Å². The van der Waals surface area contributed by atoms with Crippen molar-refractivity contribution in [3.63, 3.8) is 0 Å². The molecule has 0 spiro atoms. The van der Waals surface area contributed by atoms with E-state index >= 15 is 0 Å². The lowest BCUT2D eigenvalue weighted by atomic mass is 9.95. The predicted octanol–water partition coefficient (Wildman–Crippen LogP) is 2.81. The molecule has 1 unspecified atom stereocenters. The molecule has 1 heterocycles. The van der Waals surface area contributed by atoms with Gasteiger partial charge in [0.1, 0.15) is 5.82 Å². The minimum atomic E-state index is -0.0877. The number of nitrogens with one attached hydrogen (secondary N) is 1. The highest BCUT2D eigenvalue weighted by Gasteiger charge is 2.21. The summed E-state index contributed by atoms with van der Waals surface area (Å²) in [4.78, 5) is 4.25. The minimum Gasteiger partial charge on any atom is -0.396 e. The lowest BCUT2D eigenvalue weighted by Crippen LogP contribution is -2.35. The highest BCUT2D eigenvalue weighted by Crippen LogP contribution is 2.21. The van der Waals surface area contributed by atoms with E-state index in [1.807, 2.05) is 12.1 Å². The molecule has 4 heteroatoms. The van der Waals surface area contributed by atoms with Gasteiger partial charge in [0.25, 0.3) is 0 Å². The van der Waals surface area contributed by atoms with Crippen LogP contribution in [0.25, 0.3) is 0 Å². The van der Waals surface area contributed by atoms with Gasteiger partial charge in [0.2, 0.25) is 0 Å². The summed E-state index contributed by atoms with van der Waals surface area (Å²) >= 11 is 3.34. The van der Waals surface area contributed by atoms with Crippen LogP contribution in [0.5, 0.6) is 0 Å². The number of rotatable bonds is 5. The zero-order valence-electron chi connectivity index (χ0n) is 9.13. The summed E-state index contributed by atoms with van der Waals surface area (Å²) in [7, 11) is 0. The predicted molar refractivity (Wildman–Crippen MR) is 66.0 cm³/mol. The molecule has 0 saturated heterocycles. The van der Waals surface area contributed by atoms with E-state index in [1.165, 1.54) is 0 Å². The third-order valence-corrected chi connectivity index (χ3v) is 3.07.